The van der Waals surface area contributed by atoms with Gasteiger partial charge in [0.25, 0.3) is 0 Å². The molecule has 5 nitrogen and oxygen atoms in total. The van der Waals surface area contributed by atoms with E-state index in [1.165, 1.54) is 6.07 Å². The number of esters is 1. The van der Waals surface area contributed by atoms with E-state index in [0.29, 0.717) is 26.1 Å². The molecule has 27 heavy (non-hydrogen) atoms. The van der Waals surface area contributed by atoms with Gasteiger partial charge in [0.1, 0.15) is 6.61 Å². The van der Waals surface area contributed by atoms with Crippen LogP contribution >= 0.6 is 0 Å². The second-order valence-corrected chi connectivity index (χ2v) is 5.72. The summed E-state index contributed by atoms with van der Waals surface area (Å²) in [6.07, 6.45) is -3.34. The number of aromatic nitrogens is 1. The summed E-state index contributed by atoms with van der Waals surface area (Å²) in [5, 5.41) is 3.15. The molecule has 0 aliphatic heterocycles. The zero-order valence-corrected chi connectivity index (χ0v) is 14.9. The number of carbonyl (C=O) groups is 1. The topological polar surface area (TPSA) is 60.5 Å². The van der Waals surface area contributed by atoms with Gasteiger partial charge in [0, 0.05) is 25.4 Å². The van der Waals surface area contributed by atoms with Crippen molar-refractivity contribution >= 4 is 5.97 Å². The van der Waals surface area contributed by atoms with E-state index in [4.69, 9.17) is 9.47 Å². The van der Waals surface area contributed by atoms with Crippen LogP contribution in [0.5, 0.6) is 5.88 Å². The van der Waals surface area contributed by atoms with E-state index in [9.17, 15) is 18.0 Å². The predicted octanol–water partition coefficient (Wildman–Crippen LogP) is 3.72. The van der Waals surface area contributed by atoms with Gasteiger partial charge in [0.05, 0.1) is 18.6 Å². The molecule has 0 bridgehead atoms. The van der Waals surface area contributed by atoms with Crippen LogP contribution in [0.3, 0.4) is 0 Å². The highest BCUT2D eigenvalue weighted by Gasteiger charge is 2.30. The summed E-state index contributed by atoms with van der Waals surface area (Å²) in [5.41, 5.74) is 1.09. The maximum Gasteiger partial charge on any atom is 0.417 e. The maximum absolute atomic E-state index is 12.5. The Hall–Kier alpha value is -2.61. The first-order valence-corrected chi connectivity index (χ1v) is 8.48. The first-order valence-electron chi connectivity index (χ1n) is 8.48. The minimum atomic E-state index is -4.41. The number of hydrogen-bond donors (Lipinski definition) is 1. The zero-order valence-electron chi connectivity index (χ0n) is 14.9. The van der Waals surface area contributed by atoms with E-state index >= 15 is 0 Å². The minimum Gasteiger partial charge on any atom is -0.473 e. The van der Waals surface area contributed by atoms with E-state index in [1.54, 1.807) is 6.92 Å². The van der Waals surface area contributed by atoms with Crippen LogP contribution in [0, 0.1) is 0 Å². The van der Waals surface area contributed by atoms with Crippen molar-refractivity contribution < 1.29 is 27.4 Å². The third-order valence-electron chi connectivity index (χ3n) is 3.61. The zero-order chi connectivity index (χ0) is 19.7. The smallest absolute Gasteiger partial charge is 0.417 e. The van der Waals surface area contributed by atoms with Gasteiger partial charge >= 0.3 is 12.1 Å². The Kier molecular flexibility index (Phi) is 7.60. The molecule has 0 radical (unpaired) electrons. The Labute approximate surface area is 155 Å². The molecule has 1 aromatic heterocycles. The Morgan fingerprint density at radius 3 is 2.41 bits per heavy atom. The summed E-state index contributed by atoms with van der Waals surface area (Å²) >= 11 is 0. The van der Waals surface area contributed by atoms with Crippen LogP contribution in [-0.4, -0.2) is 24.1 Å². The van der Waals surface area contributed by atoms with Crippen molar-refractivity contribution in [3.63, 3.8) is 0 Å². The molecule has 1 N–H and O–H groups in total. The molecule has 1 heterocycles. The maximum atomic E-state index is 12.5. The van der Waals surface area contributed by atoms with Crippen molar-refractivity contribution in [2.24, 2.45) is 0 Å². The number of hydrogen-bond acceptors (Lipinski definition) is 5. The first-order chi connectivity index (χ1) is 12.9. The molecule has 0 atom stereocenters. The van der Waals surface area contributed by atoms with Gasteiger partial charge in [-0.2, -0.15) is 13.2 Å². The van der Waals surface area contributed by atoms with Crippen molar-refractivity contribution in [2.45, 2.75) is 32.7 Å². The number of ether oxygens (including phenoxy) is 2. The average Bonchev–Trinajstić information content (AvgIpc) is 2.64. The second kappa shape index (κ2) is 9.91. The lowest BCUT2D eigenvalue weighted by molar-refractivity contribution is -0.143. The van der Waals surface area contributed by atoms with E-state index in [0.717, 1.165) is 23.4 Å². The van der Waals surface area contributed by atoms with Gasteiger partial charge in [-0.1, -0.05) is 24.3 Å². The highest BCUT2D eigenvalue weighted by atomic mass is 19.4. The summed E-state index contributed by atoms with van der Waals surface area (Å²) in [7, 11) is 0. The number of carbonyl (C=O) groups excluding carboxylic acids is 1. The number of rotatable bonds is 9. The summed E-state index contributed by atoms with van der Waals surface area (Å²) in [6, 6.07) is 9.70. The van der Waals surface area contributed by atoms with Gasteiger partial charge < -0.3 is 14.8 Å². The lowest BCUT2D eigenvalue weighted by Gasteiger charge is -2.09. The fourth-order valence-corrected chi connectivity index (χ4v) is 2.20. The Morgan fingerprint density at radius 1 is 1.11 bits per heavy atom. The number of nitrogens with one attached hydrogen (secondary N) is 1. The summed E-state index contributed by atoms with van der Waals surface area (Å²) in [4.78, 5) is 14.9. The van der Waals surface area contributed by atoms with Crippen molar-refractivity contribution in [1.29, 1.82) is 0 Å². The van der Waals surface area contributed by atoms with Crippen molar-refractivity contribution in [1.82, 2.24) is 10.3 Å². The first kappa shape index (κ1) is 20.7. The van der Waals surface area contributed by atoms with Crippen molar-refractivity contribution in [2.75, 3.05) is 13.2 Å². The summed E-state index contributed by atoms with van der Waals surface area (Å²) < 4.78 is 47.7. The van der Waals surface area contributed by atoms with Gasteiger partial charge in [-0.25, -0.2) is 4.98 Å². The second-order valence-electron chi connectivity index (χ2n) is 5.72. The molecule has 0 aliphatic rings. The highest BCUT2D eigenvalue weighted by molar-refractivity contribution is 5.69. The molecule has 0 aliphatic carbocycles. The van der Waals surface area contributed by atoms with Gasteiger partial charge in [0.2, 0.25) is 5.88 Å². The summed E-state index contributed by atoms with van der Waals surface area (Å²) in [6.45, 7) is 3.49. The van der Waals surface area contributed by atoms with E-state index in [1.807, 2.05) is 24.3 Å². The fourth-order valence-electron chi connectivity index (χ4n) is 2.20. The molecule has 0 fully saturated rings. The average molecular weight is 382 g/mol. The van der Waals surface area contributed by atoms with Crippen LogP contribution < -0.4 is 10.1 Å². The monoisotopic (exact) mass is 382 g/mol. The van der Waals surface area contributed by atoms with Crippen LogP contribution in [0.15, 0.2) is 42.6 Å². The third-order valence-corrected chi connectivity index (χ3v) is 3.61. The molecule has 0 saturated carbocycles. The van der Waals surface area contributed by atoms with Gasteiger partial charge in [-0.3, -0.25) is 4.79 Å². The standard InChI is InChI=1S/C19H21F3N2O3/c1-2-26-18(25)9-10-23-11-14-3-5-15(6-4-14)13-27-17-8-7-16(12-24-17)19(20,21)22/h3-8,12,23H,2,9-11,13H2,1H3. The molecule has 0 unspecified atom stereocenters. The third kappa shape index (κ3) is 7.26. The lowest BCUT2D eigenvalue weighted by atomic mass is 10.1. The van der Waals surface area contributed by atoms with Gasteiger partial charge in [-0.15, -0.1) is 0 Å². The molecule has 2 rings (SSSR count). The van der Waals surface area contributed by atoms with E-state index < -0.39 is 11.7 Å². The molecular weight excluding hydrogens is 361 g/mol. The van der Waals surface area contributed by atoms with Crippen LogP contribution in [0.1, 0.15) is 30.0 Å². The van der Waals surface area contributed by atoms with Crippen molar-refractivity contribution in [3.05, 3.63) is 59.3 Å². The lowest BCUT2D eigenvalue weighted by Crippen LogP contribution is -2.19. The number of alkyl halides is 3. The number of nitrogens with zero attached hydrogens (tertiary/aromatic N) is 1. The number of halogens is 3. The quantitative estimate of drug-likeness (QED) is 0.529. The Bertz CT molecular complexity index is 716. The fraction of sp³-hybridized carbons (Fsp3) is 0.368. The Morgan fingerprint density at radius 2 is 1.81 bits per heavy atom. The molecule has 1 aromatic carbocycles. The molecule has 0 saturated heterocycles. The molecule has 2 aromatic rings. The number of pyridine rings is 1. The highest BCUT2D eigenvalue weighted by Crippen LogP contribution is 2.29. The van der Waals surface area contributed by atoms with Crippen LogP contribution in [-0.2, 0) is 28.9 Å². The SMILES string of the molecule is CCOC(=O)CCNCc1ccc(COc2ccc(C(F)(F)F)cn2)cc1. The minimum absolute atomic E-state index is 0.132. The molecule has 146 valence electrons. The summed E-state index contributed by atoms with van der Waals surface area (Å²) in [5.74, 6) is -0.0953. The Balaban J connectivity index is 1.74. The van der Waals surface area contributed by atoms with Crippen molar-refractivity contribution in [3.8, 4) is 5.88 Å². The molecule has 8 heteroatoms. The molecular formula is C19H21F3N2O3. The molecule has 0 amide bonds. The molecule has 0 spiro atoms. The normalized spacial score (nSPS) is 11.3. The predicted molar refractivity (Wildman–Crippen MR) is 93.0 cm³/mol. The van der Waals surface area contributed by atoms with Gasteiger partial charge in [0.15, 0.2) is 0 Å². The van der Waals surface area contributed by atoms with E-state index in [-0.39, 0.29) is 18.5 Å². The van der Waals surface area contributed by atoms with Crippen LogP contribution in [0.2, 0.25) is 0 Å². The largest absolute Gasteiger partial charge is 0.473 e. The number of benzene rings is 1. The van der Waals surface area contributed by atoms with Gasteiger partial charge in [-0.05, 0) is 24.1 Å². The van der Waals surface area contributed by atoms with Crippen LogP contribution in [0.25, 0.3) is 0 Å². The van der Waals surface area contributed by atoms with Crippen LogP contribution in [0.4, 0.5) is 13.2 Å². The van der Waals surface area contributed by atoms with E-state index in [2.05, 4.69) is 10.3 Å².